The van der Waals surface area contributed by atoms with Crippen molar-refractivity contribution in [2.45, 2.75) is 46.1 Å². The first-order chi connectivity index (χ1) is 9.56. The summed E-state index contributed by atoms with van der Waals surface area (Å²) in [6.07, 6.45) is 3.43. The molecule has 1 heterocycles. The van der Waals surface area contributed by atoms with Crippen LogP contribution >= 0.6 is 0 Å². The molecule has 2 N–H and O–H groups in total. The van der Waals surface area contributed by atoms with Gasteiger partial charge in [0.15, 0.2) is 0 Å². The molecule has 3 nitrogen and oxygen atoms in total. The quantitative estimate of drug-likeness (QED) is 0.896. The molecule has 1 unspecified atom stereocenters. The van der Waals surface area contributed by atoms with Crippen molar-refractivity contribution in [2.24, 2.45) is 11.7 Å². The van der Waals surface area contributed by atoms with Crippen molar-refractivity contribution < 1.29 is 4.74 Å². The Balaban J connectivity index is 1.98. The molecular formula is C17H28N2O. The zero-order valence-electron chi connectivity index (χ0n) is 13.1. The van der Waals surface area contributed by atoms with E-state index in [1.54, 1.807) is 0 Å². The topological polar surface area (TPSA) is 38.5 Å². The molecule has 3 heteroatoms. The Morgan fingerprint density at radius 2 is 2.20 bits per heavy atom. The molecule has 0 aliphatic carbocycles. The maximum Gasteiger partial charge on any atom is 0.122 e. The van der Waals surface area contributed by atoms with Crippen LogP contribution in [0.15, 0.2) is 18.2 Å². The zero-order chi connectivity index (χ0) is 14.5. The van der Waals surface area contributed by atoms with E-state index < -0.39 is 0 Å². The Kier molecular flexibility index (Phi) is 5.30. The van der Waals surface area contributed by atoms with E-state index in [0.717, 1.165) is 38.3 Å². The van der Waals surface area contributed by atoms with Gasteiger partial charge in [0.1, 0.15) is 5.75 Å². The highest BCUT2D eigenvalue weighted by Crippen LogP contribution is 2.26. The summed E-state index contributed by atoms with van der Waals surface area (Å²) < 4.78 is 5.87. The number of rotatable bonds is 5. The Labute approximate surface area is 123 Å². The molecule has 0 radical (unpaired) electrons. The Hall–Kier alpha value is -1.22. The molecule has 0 saturated carbocycles. The first-order valence-corrected chi connectivity index (χ1v) is 7.80. The van der Waals surface area contributed by atoms with Gasteiger partial charge in [-0.2, -0.15) is 0 Å². The number of aryl methyl sites for hydroxylation is 1. The van der Waals surface area contributed by atoms with Crippen molar-refractivity contribution in [1.82, 2.24) is 0 Å². The third-order valence-electron chi connectivity index (χ3n) is 3.93. The predicted molar refractivity (Wildman–Crippen MR) is 85.6 cm³/mol. The molecule has 112 valence electrons. The van der Waals surface area contributed by atoms with Gasteiger partial charge in [-0.3, -0.25) is 0 Å². The van der Waals surface area contributed by atoms with Gasteiger partial charge in [0, 0.05) is 24.8 Å². The smallest absolute Gasteiger partial charge is 0.122 e. The van der Waals surface area contributed by atoms with Crippen LogP contribution < -0.4 is 15.4 Å². The van der Waals surface area contributed by atoms with Crippen LogP contribution in [0.25, 0.3) is 0 Å². The lowest BCUT2D eigenvalue weighted by Gasteiger charge is -2.33. The number of piperidine rings is 1. The van der Waals surface area contributed by atoms with E-state index in [2.05, 4.69) is 43.9 Å². The molecule has 2 rings (SSSR count). The second-order valence-corrected chi connectivity index (χ2v) is 6.33. The lowest BCUT2D eigenvalue weighted by atomic mass is 10.1. The maximum absolute atomic E-state index is 6.06. The van der Waals surface area contributed by atoms with E-state index in [-0.39, 0.29) is 0 Å². The molecule has 1 aliphatic heterocycles. The molecule has 1 aromatic carbocycles. The summed E-state index contributed by atoms with van der Waals surface area (Å²) in [5.41, 5.74) is 8.54. The number of hydrogen-bond acceptors (Lipinski definition) is 3. The number of nitrogens with zero attached hydrogens (tertiary/aromatic N) is 1. The van der Waals surface area contributed by atoms with Gasteiger partial charge in [-0.05, 0) is 55.9 Å². The van der Waals surface area contributed by atoms with Crippen LogP contribution in [-0.2, 0) is 0 Å². The summed E-state index contributed by atoms with van der Waals surface area (Å²) in [6.45, 7) is 9.44. The minimum Gasteiger partial charge on any atom is -0.493 e. The molecule has 0 bridgehead atoms. The van der Waals surface area contributed by atoms with Crippen LogP contribution in [0.3, 0.4) is 0 Å². The first-order valence-electron chi connectivity index (χ1n) is 7.80. The van der Waals surface area contributed by atoms with Crippen LogP contribution in [0, 0.1) is 12.8 Å². The summed E-state index contributed by atoms with van der Waals surface area (Å²) in [6, 6.07) is 6.80. The summed E-state index contributed by atoms with van der Waals surface area (Å²) in [7, 11) is 0. The van der Waals surface area contributed by atoms with Crippen molar-refractivity contribution in [3.05, 3.63) is 23.8 Å². The fourth-order valence-electron chi connectivity index (χ4n) is 2.64. The highest BCUT2D eigenvalue weighted by Gasteiger charge is 2.17. The molecular weight excluding hydrogens is 248 g/mol. The SMILES string of the molecule is Cc1cc(N2CCCC(N)C2)ccc1OCCC(C)C. The molecule has 1 aromatic rings. The van der Waals surface area contributed by atoms with E-state index in [0.29, 0.717) is 12.0 Å². The molecule has 0 aromatic heterocycles. The summed E-state index contributed by atoms with van der Waals surface area (Å²) >= 11 is 0. The maximum atomic E-state index is 6.06. The van der Waals surface area contributed by atoms with Crippen molar-refractivity contribution in [3.63, 3.8) is 0 Å². The standard InChI is InChI=1S/C17H28N2O/c1-13(2)8-10-20-17-7-6-16(11-14(17)3)19-9-4-5-15(18)12-19/h6-7,11,13,15H,4-5,8-10,12,18H2,1-3H3. The molecule has 1 atom stereocenters. The van der Waals surface area contributed by atoms with Crippen LogP contribution in [-0.4, -0.2) is 25.7 Å². The van der Waals surface area contributed by atoms with E-state index in [4.69, 9.17) is 10.5 Å². The normalized spacial score (nSPS) is 19.4. The van der Waals surface area contributed by atoms with Crippen LogP contribution in [0.1, 0.15) is 38.7 Å². The second-order valence-electron chi connectivity index (χ2n) is 6.33. The lowest BCUT2D eigenvalue weighted by Crippen LogP contribution is -2.42. The number of nitrogens with two attached hydrogens (primary N) is 1. The predicted octanol–water partition coefficient (Wildman–Crippen LogP) is 3.35. The van der Waals surface area contributed by atoms with Gasteiger partial charge in [0.05, 0.1) is 6.61 Å². The average molecular weight is 276 g/mol. The van der Waals surface area contributed by atoms with Gasteiger partial charge >= 0.3 is 0 Å². The van der Waals surface area contributed by atoms with Crippen LogP contribution in [0.5, 0.6) is 5.75 Å². The van der Waals surface area contributed by atoms with Gasteiger partial charge in [0.25, 0.3) is 0 Å². The van der Waals surface area contributed by atoms with E-state index in [1.165, 1.54) is 17.7 Å². The molecule has 1 aliphatic rings. The van der Waals surface area contributed by atoms with E-state index in [1.807, 2.05) is 0 Å². The summed E-state index contributed by atoms with van der Waals surface area (Å²) in [5, 5.41) is 0. The highest BCUT2D eigenvalue weighted by atomic mass is 16.5. The van der Waals surface area contributed by atoms with Crippen molar-refractivity contribution >= 4 is 5.69 Å². The average Bonchev–Trinajstić information content (AvgIpc) is 2.40. The van der Waals surface area contributed by atoms with E-state index in [9.17, 15) is 0 Å². The van der Waals surface area contributed by atoms with Gasteiger partial charge in [-0.25, -0.2) is 0 Å². The number of benzene rings is 1. The molecule has 20 heavy (non-hydrogen) atoms. The lowest BCUT2D eigenvalue weighted by molar-refractivity contribution is 0.288. The number of ether oxygens (including phenoxy) is 1. The minimum atomic E-state index is 0.311. The summed E-state index contributed by atoms with van der Waals surface area (Å²) in [5.74, 6) is 1.69. The van der Waals surface area contributed by atoms with Crippen molar-refractivity contribution in [2.75, 3.05) is 24.6 Å². The van der Waals surface area contributed by atoms with Gasteiger partial charge < -0.3 is 15.4 Å². The summed E-state index contributed by atoms with van der Waals surface area (Å²) in [4.78, 5) is 2.39. The fraction of sp³-hybridized carbons (Fsp3) is 0.647. The third-order valence-corrected chi connectivity index (χ3v) is 3.93. The Morgan fingerprint density at radius 1 is 1.40 bits per heavy atom. The van der Waals surface area contributed by atoms with Gasteiger partial charge in [0.2, 0.25) is 0 Å². The molecule has 0 spiro atoms. The van der Waals surface area contributed by atoms with Crippen LogP contribution in [0.4, 0.5) is 5.69 Å². The first kappa shape index (κ1) is 15.2. The fourth-order valence-corrected chi connectivity index (χ4v) is 2.64. The molecule has 1 saturated heterocycles. The Morgan fingerprint density at radius 3 is 2.85 bits per heavy atom. The minimum absolute atomic E-state index is 0.311. The second kappa shape index (κ2) is 6.98. The van der Waals surface area contributed by atoms with Gasteiger partial charge in [-0.15, -0.1) is 0 Å². The molecule has 0 amide bonds. The Bertz CT molecular complexity index is 431. The van der Waals surface area contributed by atoms with Crippen molar-refractivity contribution in [3.8, 4) is 5.75 Å². The van der Waals surface area contributed by atoms with Crippen LogP contribution in [0.2, 0.25) is 0 Å². The van der Waals surface area contributed by atoms with E-state index >= 15 is 0 Å². The van der Waals surface area contributed by atoms with Gasteiger partial charge in [-0.1, -0.05) is 13.8 Å². The number of anilines is 1. The van der Waals surface area contributed by atoms with Crippen molar-refractivity contribution in [1.29, 1.82) is 0 Å². The zero-order valence-corrected chi connectivity index (χ0v) is 13.1. The molecule has 1 fully saturated rings. The third kappa shape index (κ3) is 4.14. The largest absolute Gasteiger partial charge is 0.493 e. The highest BCUT2D eigenvalue weighted by molar-refractivity contribution is 5.53. The number of hydrogen-bond donors (Lipinski definition) is 1. The monoisotopic (exact) mass is 276 g/mol.